The second kappa shape index (κ2) is 11.2. The summed E-state index contributed by atoms with van der Waals surface area (Å²) in [5.74, 6) is 0.621. The van der Waals surface area contributed by atoms with E-state index in [1.165, 1.54) is 26.2 Å². The number of carbonyl (C=O) groups excluding carboxylic acids is 1. The molecule has 5 nitrogen and oxygen atoms in total. The van der Waals surface area contributed by atoms with Crippen LogP contribution in [0.4, 0.5) is 5.69 Å². The number of hydrogen-bond donors (Lipinski definition) is 0. The van der Waals surface area contributed by atoms with Crippen LogP contribution in [0, 0.1) is 10.1 Å². The van der Waals surface area contributed by atoms with Crippen molar-refractivity contribution in [3.63, 3.8) is 0 Å². The van der Waals surface area contributed by atoms with Gasteiger partial charge in [0.05, 0.1) is 12.0 Å². The molecule has 0 unspecified atom stereocenters. The number of methoxy groups -OCH3 is 1. The number of nitro groups is 1. The van der Waals surface area contributed by atoms with Crippen LogP contribution in [0.3, 0.4) is 0 Å². The molecular weight excluding hydrogens is 210 g/mol. The quantitative estimate of drug-likeness (QED) is 0.442. The zero-order valence-corrected chi connectivity index (χ0v) is 9.97. The third kappa shape index (κ3) is 7.49. The smallest absolute Gasteiger partial charge is 0.269 e. The minimum absolute atomic E-state index is 0.0748. The van der Waals surface area contributed by atoms with Crippen LogP contribution in [0.2, 0.25) is 0 Å². The fraction of sp³-hybridized carbons (Fsp3) is 0.364. The first-order valence-corrected chi connectivity index (χ1v) is 4.84. The Morgan fingerprint density at radius 1 is 1.25 bits per heavy atom. The summed E-state index contributed by atoms with van der Waals surface area (Å²) < 4.78 is 4.83. The normalized spacial score (nSPS) is 7.50. The summed E-state index contributed by atoms with van der Waals surface area (Å²) in [7, 11) is 1.52. The van der Waals surface area contributed by atoms with Gasteiger partial charge in [-0.25, -0.2) is 0 Å². The van der Waals surface area contributed by atoms with Crippen molar-refractivity contribution in [1.29, 1.82) is 0 Å². The van der Waals surface area contributed by atoms with Gasteiger partial charge in [-0.2, -0.15) is 0 Å². The molecule has 16 heavy (non-hydrogen) atoms. The number of carbonyl (C=O) groups is 1. The summed E-state index contributed by atoms with van der Waals surface area (Å²) in [5.41, 5.74) is 0.0748. The van der Waals surface area contributed by atoms with E-state index in [0.29, 0.717) is 5.75 Å². The van der Waals surface area contributed by atoms with Gasteiger partial charge in [-0.1, -0.05) is 13.8 Å². The van der Waals surface area contributed by atoms with E-state index in [-0.39, 0.29) is 5.69 Å². The molecule has 0 radical (unpaired) electrons. The molecule has 0 aliphatic heterocycles. The van der Waals surface area contributed by atoms with Gasteiger partial charge in [0.1, 0.15) is 12.0 Å². The van der Waals surface area contributed by atoms with Crippen molar-refractivity contribution in [3.8, 4) is 5.75 Å². The predicted molar refractivity (Wildman–Crippen MR) is 62.7 cm³/mol. The van der Waals surface area contributed by atoms with Crippen LogP contribution < -0.4 is 4.74 Å². The Labute approximate surface area is 95.2 Å². The lowest BCUT2D eigenvalue weighted by Crippen LogP contribution is -1.87. The van der Waals surface area contributed by atoms with Gasteiger partial charge in [0, 0.05) is 12.1 Å². The number of rotatable bonds is 2. The monoisotopic (exact) mass is 227 g/mol. The SMILES string of the molecule is CC.CC=O.COc1ccc([N+](=O)[O-])cc1. The Bertz CT molecular complexity index is 295. The van der Waals surface area contributed by atoms with Gasteiger partial charge in [0.15, 0.2) is 0 Å². The predicted octanol–water partition coefficient (Wildman–Crippen LogP) is 2.83. The molecule has 0 heterocycles. The maximum absolute atomic E-state index is 10.2. The number of nitro benzene ring substituents is 1. The highest BCUT2D eigenvalue weighted by molar-refractivity contribution is 5.44. The molecule has 1 rings (SSSR count). The first kappa shape index (κ1) is 16.5. The van der Waals surface area contributed by atoms with Crippen LogP contribution in [-0.4, -0.2) is 18.3 Å². The number of ether oxygens (including phenoxy) is 1. The molecule has 0 saturated heterocycles. The number of benzene rings is 1. The molecular formula is C11H17NO4. The Morgan fingerprint density at radius 2 is 1.62 bits per heavy atom. The molecule has 0 bridgehead atoms. The minimum atomic E-state index is -0.445. The summed E-state index contributed by atoms with van der Waals surface area (Å²) >= 11 is 0. The summed E-state index contributed by atoms with van der Waals surface area (Å²) in [6, 6.07) is 5.91. The van der Waals surface area contributed by atoms with Gasteiger partial charge < -0.3 is 9.53 Å². The minimum Gasteiger partial charge on any atom is -0.497 e. The van der Waals surface area contributed by atoms with Crippen LogP contribution in [0.25, 0.3) is 0 Å². The van der Waals surface area contributed by atoms with E-state index in [1.807, 2.05) is 13.8 Å². The fourth-order valence-electron chi connectivity index (χ4n) is 0.704. The Hall–Kier alpha value is -1.91. The number of non-ortho nitro benzene ring substituents is 1. The Morgan fingerprint density at radius 3 is 1.88 bits per heavy atom. The second-order valence-electron chi connectivity index (χ2n) is 2.19. The Kier molecular flexibility index (Phi) is 11.5. The van der Waals surface area contributed by atoms with Gasteiger partial charge in [-0.3, -0.25) is 10.1 Å². The van der Waals surface area contributed by atoms with E-state index in [4.69, 9.17) is 9.53 Å². The van der Waals surface area contributed by atoms with Crippen LogP contribution in [0.5, 0.6) is 5.75 Å². The van der Waals surface area contributed by atoms with E-state index in [0.717, 1.165) is 6.29 Å². The first-order chi connectivity index (χ1) is 7.65. The largest absolute Gasteiger partial charge is 0.497 e. The molecule has 90 valence electrons. The van der Waals surface area contributed by atoms with Crippen molar-refractivity contribution in [2.24, 2.45) is 0 Å². The highest BCUT2D eigenvalue weighted by Gasteiger charge is 2.02. The lowest BCUT2D eigenvalue weighted by Gasteiger charge is -1.96. The summed E-state index contributed by atoms with van der Waals surface area (Å²) in [5, 5.41) is 10.2. The summed E-state index contributed by atoms with van der Waals surface area (Å²) in [6.07, 6.45) is 0.750. The molecule has 0 atom stereocenters. The first-order valence-electron chi connectivity index (χ1n) is 4.84. The van der Waals surface area contributed by atoms with Crippen molar-refractivity contribution >= 4 is 12.0 Å². The van der Waals surface area contributed by atoms with Crippen molar-refractivity contribution in [2.75, 3.05) is 7.11 Å². The number of aldehydes is 1. The number of nitrogens with zero attached hydrogens (tertiary/aromatic N) is 1. The maximum atomic E-state index is 10.2. The number of hydrogen-bond acceptors (Lipinski definition) is 4. The molecule has 0 aliphatic carbocycles. The van der Waals surface area contributed by atoms with E-state index in [2.05, 4.69) is 0 Å². The van der Waals surface area contributed by atoms with Gasteiger partial charge in [-0.05, 0) is 19.1 Å². The standard InChI is InChI=1S/C7H7NO3.C2H4O.C2H6/c1-11-7-4-2-6(3-5-7)8(9)10;1-2-3;1-2/h2-5H,1H3;2H,1H3;1-2H3. The summed E-state index contributed by atoms with van der Waals surface area (Å²) in [4.78, 5) is 18.5. The molecule has 0 spiro atoms. The van der Waals surface area contributed by atoms with Gasteiger partial charge in [0.25, 0.3) is 5.69 Å². The third-order valence-corrected chi connectivity index (χ3v) is 1.28. The van der Waals surface area contributed by atoms with Crippen LogP contribution in [0.1, 0.15) is 20.8 Å². The second-order valence-corrected chi connectivity index (χ2v) is 2.19. The molecule has 0 aromatic heterocycles. The van der Waals surface area contributed by atoms with E-state index < -0.39 is 4.92 Å². The van der Waals surface area contributed by atoms with Crippen molar-refractivity contribution in [3.05, 3.63) is 34.4 Å². The van der Waals surface area contributed by atoms with Gasteiger partial charge >= 0.3 is 0 Å². The molecule has 0 saturated carbocycles. The fourth-order valence-corrected chi connectivity index (χ4v) is 0.704. The zero-order valence-electron chi connectivity index (χ0n) is 9.97. The van der Waals surface area contributed by atoms with Gasteiger partial charge in [-0.15, -0.1) is 0 Å². The maximum Gasteiger partial charge on any atom is 0.269 e. The average molecular weight is 227 g/mol. The summed E-state index contributed by atoms with van der Waals surface area (Å²) in [6.45, 7) is 5.44. The van der Waals surface area contributed by atoms with Crippen molar-refractivity contribution in [1.82, 2.24) is 0 Å². The Balaban J connectivity index is 0. The molecule has 0 fully saturated rings. The van der Waals surface area contributed by atoms with Crippen LogP contribution in [0.15, 0.2) is 24.3 Å². The van der Waals surface area contributed by atoms with Crippen LogP contribution >= 0.6 is 0 Å². The van der Waals surface area contributed by atoms with E-state index in [9.17, 15) is 10.1 Å². The van der Waals surface area contributed by atoms with E-state index >= 15 is 0 Å². The molecule has 0 aliphatic rings. The van der Waals surface area contributed by atoms with Crippen molar-refractivity contribution < 1.29 is 14.5 Å². The lowest BCUT2D eigenvalue weighted by atomic mass is 10.3. The average Bonchev–Trinajstić information content (AvgIpc) is 2.33. The molecule has 0 N–H and O–H groups in total. The zero-order chi connectivity index (χ0) is 13.0. The molecule has 1 aromatic carbocycles. The third-order valence-electron chi connectivity index (χ3n) is 1.28. The highest BCUT2D eigenvalue weighted by atomic mass is 16.6. The van der Waals surface area contributed by atoms with Crippen LogP contribution in [-0.2, 0) is 4.79 Å². The molecule has 0 amide bonds. The molecule has 1 aromatic rings. The van der Waals surface area contributed by atoms with Gasteiger partial charge in [0.2, 0.25) is 0 Å². The van der Waals surface area contributed by atoms with Crippen molar-refractivity contribution in [2.45, 2.75) is 20.8 Å². The molecule has 5 heteroatoms. The lowest BCUT2D eigenvalue weighted by molar-refractivity contribution is -0.384. The highest BCUT2D eigenvalue weighted by Crippen LogP contribution is 2.16. The topological polar surface area (TPSA) is 69.4 Å². The van der Waals surface area contributed by atoms with E-state index in [1.54, 1.807) is 12.1 Å².